The first kappa shape index (κ1) is 39.3. The second-order valence-electron chi connectivity index (χ2n) is 16.5. The van der Waals surface area contributed by atoms with Crippen LogP contribution in [0.1, 0.15) is 81.5 Å². The molecule has 6 amide bonds. The van der Waals surface area contributed by atoms with Crippen LogP contribution >= 0.6 is 0 Å². The molecule has 0 radical (unpaired) electrons. The molecular weight excluding hydrogens is 767 g/mol. The maximum absolute atomic E-state index is 12.9. The SMILES string of the molecule is Cc1cnc2ccc(CN3CC[C@H](Oc4ccc5c(c4)CN(C4CCC(=O)NC4=O)C5=O)C3)cc2c1.O=C1CCC(N2Cc3cc(O[C@H]4CCNC4)ccc3C2=O)C(=O)N1. The molecule has 0 aliphatic carbocycles. The molecule has 7 heterocycles. The number of piperidine rings is 2. The molecule has 3 N–H and O–H groups in total. The molecule has 0 saturated carbocycles. The zero-order valence-electron chi connectivity index (χ0n) is 33.4. The largest absolute Gasteiger partial charge is 0.489 e. The minimum absolute atomic E-state index is 0.0794. The predicted octanol–water partition coefficient (Wildman–Crippen LogP) is 3.15. The Bertz CT molecular complexity index is 2410. The number of benzene rings is 3. The highest BCUT2D eigenvalue weighted by Crippen LogP contribution is 2.33. The molecular formula is C45H47N7O8. The first-order valence-electron chi connectivity index (χ1n) is 20.7. The Hall–Kier alpha value is -6.19. The molecule has 310 valence electrons. The fourth-order valence-electron chi connectivity index (χ4n) is 9.05. The van der Waals surface area contributed by atoms with Crippen LogP contribution in [0, 0.1) is 6.92 Å². The molecule has 4 atom stereocenters. The summed E-state index contributed by atoms with van der Waals surface area (Å²) in [6.07, 6.45) is 5.29. The highest BCUT2D eigenvalue weighted by Gasteiger charge is 2.41. The molecule has 15 nitrogen and oxygen atoms in total. The lowest BCUT2D eigenvalue weighted by molar-refractivity contribution is -0.138. The molecule has 4 fully saturated rings. The molecule has 6 aliphatic rings. The third-order valence-electron chi connectivity index (χ3n) is 12.1. The van der Waals surface area contributed by atoms with Crippen molar-refractivity contribution in [1.29, 1.82) is 0 Å². The minimum Gasteiger partial charge on any atom is -0.489 e. The number of hydrogen-bond donors (Lipinski definition) is 3. The number of imide groups is 2. The van der Waals surface area contributed by atoms with Crippen LogP contribution in [0.5, 0.6) is 11.5 Å². The average Bonchev–Trinajstić information content (AvgIpc) is 4.03. The zero-order chi connectivity index (χ0) is 41.5. The van der Waals surface area contributed by atoms with Gasteiger partial charge in [0.1, 0.15) is 35.8 Å². The average molecular weight is 814 g/mol. The van der Waals surface area contributed by atoms with Gasteiger partial charge < -0.3 is 24.6 Å². The van der Waals surface area contributed by atoms with E-state index in [1.54, 1.807) is 21.9 Å². The van der Waals surface area contributed by atoms with E-state index < -0.39 is 18.0 Å². The summed E-state index contributed by atoms with van der Waals surface area (Å²) < 4.78 is 12.2. The Morgan fingerprint density at radius 1 is 0.700 bits per heavy atom. The Labute approximate surface area is 346 Å². The number of hydrogen-bond acceptors (Lipinski definition) is 11. The second kappa shape index (κ2) is 16.5. The van der Waals surface area contributed by atoms with E-state index in [-0.39, 0.29) is 54.6 Å². The Kier molecular flexibility index (Phi) is 10.8. The van der Waals surface area contributed by atoms with E-state index in [2.05, 4.69) is 57.0 Å². The number of likely N-dealkylation sites (tertiary alicyclic amines) is 1. The third kappa shape index (κ3) is 8.19. The van der Waals surface area contributed by atoms with Crippen molar-refractivity contribution in [3.8, 4) is 11.5 Å². The standard InChI is InChI=1S/C28H28N4O4.C17H19N3O4/c1-17-10-19-11-18(2-5-24(19)29-13-17)14-31-9-8-22(16-31)36-21-3-4-23-20(12-21)15-32(28(23)35)25-6-7-26(33)30-27(25)34;21-15-4-3-14(16(22)19-15)20-9-10-7-11(1-2-13(10)17(20)23)24-12-5-6-18-8-12/h2-5,10-13,22,25H,6-9,14-16H2,1H3,(H,30,33,34);1-2,7,12,14,18H,3-6,8-9H2,(H,19,21,22)/t22-,25?;12-,14?/m00/s1. The van der Waals surface area contributed by atoms with Crippen LogP contribution in [0.15, 0.2) is 66.9 Å². The van der Waals surface area contributed by atoms with Gasteiger partial charge in [-0.2, -0.15) is 0 Å². The Morgan fingerprint density at radius 3 is 1.90 bits per heavy atom. The molecule has 4 aromatic rings. The summed E-state index contributed by atoms with van der Waals surface area (Å²) in [5, 5.41) is 9.07. The van der Waals surface area contributed by atoms with E-state index in [1.165, 1.54) is 10.9 Å². The summed E-state index contributed by atoms with van der Waals surface area (Å²) >= 11 is 0. The van der Waals surface area contributed by atoms with Crippen LogP contribution in [0.2, 0.25) is 0 Å². The normalized spacial score (nSPS) is 23.9. The van der Waals surface area contributed by atoms with Gasteiger partial charge in [-0.05, 0) is 116 Å². The van der Waals surface area contributed by atoms with Crippen molar-refractivity contribution in [3.63, 3.8) is 0 Å². The zero-order valence-corrected chi connectivity index (χ0v) is 33.4. The molecule has 1 aromatic heterocycles. The lowest BCUT2D eigenvalue weighted by Crippen LogP contribution is -2.52. The number of fused-ring (bicyclic) bond motifs is 3. The summed E-state index contributed by atoms with van der Waals surface area (Å²) in [4.78, 5) is 82.6. The summed E-state index contributed by atoms with van der Waals surface area (Å²) in [5.41, 5.74) is 6.37. The van der Waals surface area contributed by atoms with Crippen LogP contribution in [-0.4, -0.2) is 106 Å². The van der Waals surface area contributed by atoms with Crippen molar-refractivity contribution in [3.05, 3.63) is 100 Å². The quantitative estimate of drug-likeness (QED) is 0.223. The minimum atomic E-state index is -0.606. The van der Waals surface area contributed by atoms with E-state index in [9.17, 15) is 28.8 Å². The van der Waals surface area contributed by atoms with Gasteiger partial charge in [0, 0.05) is 74.8 Å². The molecule has 2 unspecified atom stereocenters. The maximum atomic E-state index is 12.9. The first-order valence-corrected chi connectivity index (χ1v) is 20.7. The number of pyridine rings is 1. The van der Waals surface area contributed by atoms with Gasteiger partial charge in [0.2, 0.25) is 23.6 Å². The lowest BCUT2D eigenvalue weighted by Gasteiger charge is -2.29. The van der Waals surface area contributed by atoms with Gasteiger partial charge in [-0.25, -0.2) is 0 Å². The predicted molar refractivity (Wildman–Crippen MR) is 218 cm³/mol. The lowest BCUT2D eigenvalue weighted by atomic mass is 10.0. The van der Waals surface area contributed by atoms with Gasteiger partial charge in [0.15, 0.2) is 0 Å². The highest BCUT2D eigenvalue weighted by atomic mass is 16.5. The molecule has 10 rings (SSSR count). The van der Waals surface area contributed by atoms with Gasteiger partial charge in [-0.3, -0.25) is 49.3 Å². The number of nitrogens with zero attached hydrogens (tertiary/aromatic N) is 4. The van der Waals surface area contributed by atoms with E-state index in [0.29, 0.717) is 37.1 Å². The van der Waals surface area contributed by atoms with Crippen molar-refractivity contribution < 1.29 is 38.2 Å². The van der Waals surface area contributed by atoms with Crippen LogP contribution in [0.4, 0.5) is 0 Å². The highest BCUT2D eigenvalue weighted by molar-refractivity contribution is 6.06. The van der Waals surface area contributed by atoms with Crippen LogP contribution in [0.3, 0.4) is 0 Å². The number of aryl methyl sites for hydroxylation is 1. The van der Waals surface area contributed by atoms with E-state index in [4.69, 9.17) is 9.47 Å². The van der Waals surface area contributed by atoms with Gasteiger partial charge >= 0.3 is 0 Å². The molecule has 3 aromatic carbocycles. The van der Waals surface area contributed by atoms with Crippen LogP contribution < -0.4 is 25.4 Å². The van der Waals surface area contributed by atoms with Gasteiger partial charge in [0.05, 0.1) is 5.52 Å². The molecule has 60 heavy (non-hydrogen) atoms. The number of nitrogens with one attached hydrogen (secondary N) is 3. The van der Waals surface area contributed by atoms with Crippen molar-refractivity contribution in [2.45, 2.75) is 89.4 Å². The van der Waals surface area contributed by atoms with Crippen molar-refractivity contribution >= 4 is 46.3 Å². The molecule has 15 heteroatoms. The fraction of sp³-hybridized carbons (Fsp3) is 0.400. The Balaban J connectivity index is 0.000000167. The molecule has 0 spiro atoms. The van der Waals surface area contributed by atoms with Crippen LogP contribution in [0.25, 0.3) is 10.9 Å². The summed E-state index contributed by atoms with van der Waals surface area (Å²) in [6.45, 7) is 7.23. The van der Waals surface area contributed by atoms with Gasteiger partial charge in [-0.1, -0.05) is 6.07 Å². The number of ether oxygens (including phenoxy) is 2. The van der Waals surface area contributed by atoms with Crippen LogP contribution in [-0.2, 0) is 38.8 Å². The van der Waals surface area contributed by atoms with Crippen molar-refractivity contribution in [2.75, 3.05) is 26.2 Å². The second-order valence-corrected chi connectivity index (χ2v) is 16.5. The topological polar surface area (TPSA) is 180 Å². The van der Waals surface area contributed by atoms with E-state index in [0.717, 1.165) is 79.3 Å². The summed E-state index contributed by atoms with van der Waals surface area (Å²) in [5.74, 6) is -0.178. The third-order valence-corrected chi connectivity index (χ3v) is 12.1. The van der Waals surface area contributed by atoms with Gasteiger partial charge in [-0.15, -0.1) is 0 Å². The number of carbonyl (C=O) groups excluding carboxylic acids is 6. The smallest absolute Gasteiger partial charge is 0.255 e. The Morgan fingerprint density at radius 2 is 1.32 bits per heavy atom. The summed E-state index contributed by atoms with van der Waals surface area (Å²) in [7, 11) is 0. The molecule has 0 bridgehead atoms. The first-order chi connectivity index (χ1) is 29.0. The van der Waals surface area contributed by atoms with E-state index >= 15 is 0 Å². The summed E-state index contributed by atoms with van der Waals surface area (Å²) in [6, 6.07) is 18.4. The maximum Gasteiger partial charge on any atom is 0.255 e. The van der Waals surface area contributed by atoms with Crippen molar-refractivity contribution in [2.24, 2.45) is 0 Å². The van der Waals surface area contributed by atoms with Crippen molar-refractivity contribution in [1.82, 2.24) is 35.6 Å². The number of carbonyl (C=O) groups is 6. The number of rotatable bonds is 8. The number of aromatic nitrogens is 1. The number of amides is 6. The fourth-order valence-corrected chi connectivity index (χ4v) is 9.05. The molecule has 6 aliphatic heterocycles. The van der Waals surface area contributed by atoms with E-state index in [1.807, 2.05) is 30.5 Å². The monoisotopic (exact) mass is 813 g/mol. The molecule has 4 saturated heterocycles. The van der Waals surface area contributed by atoms with Gasteiger partial charge in [0.25, 0.3) is 11.8 Å².